The van der Waals surface area contributed by atoms with Gasteiger partial charge in [-0.25, -0.2) is 8.42 Å². The predicted octanol–water partition coefficient (Wildman–Crippen LogP) is 2.36. The van der Waals surface area contributed by atoms with Crippen molar-refractivity contribution < 1.29 is 17.9 Å². The second-order valence-corrected chi connectivity index (χ2v) is 9.52. The highest BCUT2D eigenvalue weighted by atomic mass is 32.2. The lowest BCUT2D eigenvalue weighted by Gasteiger charge is -2.36. The molecule has 1 fully saturated rings. The standard InChI is InChI=1S/C22H25N3O4S/c1-3-16-7-9-19(10-8-16)30(27,28)25-13-11-22(12-14-25)23-20(21(26)24-22)17-5-4-6-18(15-17)29-2/h4-10,15H,3,11-14H2,1-2H3,(H,24,26). The highest BCUT2D eigenvalue weighted by molar-refractivity contribution is 7.89. The normalized spacial score (nSPS) is 18.9. The number of aliphatic imine (C=N–C) groups is 1. The van der Waals surface area contributed by atoms with Crippen LogP contribution in [0.4, 0.5) is 0 Å². The van der Waals surface area contributed by atoms with Crippen LogP contribution in [0.15, 0.2) is 58.4 Å². The van der Waals surface area contributed by atoms with Crippen LogP contribution in [-0.4, -0.2) is 50.2 Å². The molecule has 30 heavy (non-hydrogen) atoms. The van der Waals surface area contributed by atoms with Crippen LogP contribution in [0.2, 0.25) is 0 Å². The van der Waals surface area contributed by atoms with Gasteiger partial charge in [-0.2, -0.15) is 4.31 Å². The minimum atomic E-state index is -3.57. The van der Waals surface area contributed by atoms with Crippen molar-refractivity contribution >= 4 is 21.6 Å². The molecule has 0 unspecified atom stereocenters. The number of hydrogen-bond acceptors (Lipinski definition) is 5. The van der Waals surface area contributed by atoms with Gasteiger partial charge in [-0.3, -0.25) is 9.79 Å². The van der Waals surface area contributed by atoms with Crippen LogP contribution >= 0.6 is 0 Å². The molecular formula is C22H25N3O4S. The second-order valence-electron chi connectivity index (χ2n) is 7.58. The molecule has 158 valence electrons. The zero-order valence-corrected chi connectivity index (χ0v) is 17.9. The number of carbonyl (C=O) groups excluding carboxylic acids is 1. The summed E-state index contributed by atoms with van der Waals surface area (Å²) >= 11 is 0. The summed E-state index contributed by atoms with van der Waals surface area (Å²) in [6.07, 6.45) is 1.72. The molecule has 2 heterocycles. The minimum Gasteiger partial charge on any atom is -0.497 e. The highest BCUT2D eigenvalue weighted by Gasteiger charge is 2.44. The molecule has 1 N–H and O–H groups in total. The van der Waals surface area contributed by atoms with Gasteiger partial charge in [-0.05, 0) is 36.2 Å². The first-order valence-electron chi connectivity index (χ1n) is 10.0. The molecule has 0 aromatic heterocycles. The number of piperidine rings is 1. The molecule has 2 aliphatic rings. The van der Waals surface area contributed by atoms with E-state index in [1.807, 2.05) is 37.3 Å². The van der Waals surface area contributed by atoms with Crippen LogP contribution in [0.1, 0.15) is 30.9 Å². The van der Waals surface area contributed by atoms with Crippen molar-refractivity contribution in [3.8, 4) is 5.75 Å². The Bertz CT molecular complexity index is 1090. The Morgan fingerprint density at radius 3 is 2.47 bits per heavy atom. The van der Waals surface area contributed by atoms with E-state index in [0.29, 0.717) is 47.9 Å². The summed E-state index contributed by atoms with van der Waals surface area (Å²) in [6, 6.07) is 14.2. The molecule has 0 bridgehead atoms. The number of hydrogen-bond donors (Lipinski definition) is 1. The maximum absolute atomic E-state index is 13.0. The van der Waals surface area contributed by atoms with Gasteiger partial charge in [0.1, 0.15) is 17.1 Å². The number of methoxy groups -OCH3 is 1. The second kappa shape index (κ2) is 7.85. The van der Waals surface area contributed by atoms with Crippen molar-refractivity contribution in [1.82, 2.24) is 9.62 Å². The molecule has 2 aliphatic heterocycles. The molecule has 4 rings (SSSR count). The molecule has 7 nitrogen and oxygen atoms in total. The van der Waals surface area contributed by atoms with Crippen molar-refractivity contribution in [1.29, 1.82) is 0 Å². The van der Waals surface area contributed by atoms with E-state index >= 15 is 0 Å². The quantitative estimate of drug-likeness (QED) is 0.793. The Morgan fingerprint density at radius 2 is 1.83 bits per heavy atom. The Labute approximate surface area is 176 Å². The van der Waals surface area contributed by atoms with Gasteiger partial charge in [-0.15, -0.1) is 0 Å². The van der Waals surface area contributed by atoms with E-state index in [1.165, 1.54) is 4.31 Å². The minimum absolute atomic E-state index is 0.241. The Morgan fingerprint density at radius 1 is 1.13 bits per heavy atom. The largest absolute Gasteiger partial charge is 0.497 e. The maximum atomic E-state index is 13.0. The van der Waals surface area contributed by atoms with Gasteiger partial charge in [0, 0.05) is 31.5 Å². The first-order valence-corrected chi connectivity index (χ1v) is 11.5. The van der Waals surface area contributed by atoms with E-state index in [4.69, 9.17) is 9.73 Å². The number of ether oxygens (including phenoxy) is 1. The van der Waals surface area contributed by atoms with Crippen LogP contribution in [0, 0.1) is 0 Å². The van der Waals surface area contributed by atoms with Gasteiger partial charge in [0.2, 0.25) is 10.0 Å². The van der Waals surface area contributed by atoms with Gasteiger partial charge in [0.25, 0.3) is 5.91 Å². The van der Waals surface area contributed by atoms with Crippen LogP contribution in [0.5, 0.6) is 5.75 Å². The van der Waals surface area contributed by atoms with Crippen LogP contribution in [0.25, 0.3) is 0 Å². The third-order valence-electron chi connectivity index (χ3n) is 5.75. The molecule has 1 spiro atoms. The fraction of sp³-hybridized carbons (Fsp3) is 0.364. The summed E-state index contributed by atoms with van der Waals surface area (Å²) in [5.74, 6) is 0.411. The molecule has 0 radical (unpaired) electrons. The molecule has 8 heteroatoms. The zero-order chi connectivity index (χ0) is 21.4. The fourth-order valence-electron chi connectivity index (χ4n) is 3.91. The smallest absolute Gasteiger partial charge is 0.272 e. The molecule has 2 aromatic carbocycles. The Kier molecular flexibility index (Phi) is 5.38. The number of nitrogens with zero attached hydrogens (tertiary/aromatic N) is 2. The first-order chi connectivity index (χ1) is 14.4. The molecule has 1 saturated heterocycles. The fourth-order valence-corrected chi connectivity index (χ4v) is 5.35. The number of carbonyl (C=O) groups is 1. The number of benzene rings is 2. The lowest BCUT2D eigenvalue weighted by atomic mass is 10.00. The van der Waals surface area contributed by atoms with Gasteiger partial charge in [0.15, 0.2) is 0 Å². The molecule has 0 aliphatic carbocycles. The predicted molar refractivity (Wildman–Crippen MR) is 114 cm³/mol. The van der Waals surface area contributed by atoms with Gasteiger partial charge < -0.3 is 10.1 Å². The van der Waals surface area contributed by atoms with Crippen LogP contribution in [-0.2, 0) is 21.2 Å². The van der Waals surface area contributed by atoms with E-state index < -0.39 is 15.7 Å². The number of amides is 1. The van der Waals surface area contributed by atoms with Crippen LogP contribution < -0.4 is 10.1 Å². The maximum Gasteiger partial charge on any atom is 0.272 e. The van der Waals surface area contributed by atoms with Crippen molar-refractivity contribution in [2.24, 2.45) is 4.99 Å². The van der Waals surface area contributed by atoms with E-state index in [2.05, 4.69) is 5.32 Å². The third kappa shape index (κ3) is 3.73. The molecular weight excluding hydrogens is 402 g/mol. The van der Waals surface area contributed by atoms with Gasteiger partial charge in [-0.1, -0.05) is 31.2 Å². The summed E-state index contributed by atoms with van der Waals surface area (Å²) in [4.78, 5) is 17.6. The summed E-state index contributed by atoms with van der Waals surface area (Å²) in [7, 11) is -1.99. The Hall–Kier alpha value is -2.71. The monoisotopic (exact) mass is 427 g/mol. The van der Waals surface area contributed by atoms with E-state index in [1.54, 1.807) is 25.3 Å². The van der Waals surface area contributed by atoms with Crippen molar-refractivity contribution in [3.63, 3.8) is 0 Å². The average molecular weight is 428 g/mol. The third-order valence-corrected chi connectivity index (χ3v) is 7.66. The highest BCUT2D eigenvalue weighted by Crippen LogP contribution is 2.32. The SMILES string of the molecule is CCc1ccc(S(=O)(=O)N2CCC3(CC2)N=C(c2cccc(OC)c2)C(=O)N3)cc1. The lowest BCUT2D eigenvalue weighted by Crippen LogP contribution is -2.52. The summed E-state index contributed by atoms with van der Waals surface area (Å²) < 4.78 is 32.7. The summed E-state index contributed by atoms with van der Waals surface area (Å²) in [5, 5.41) is 2.98. The molecule has 0 atom stereocenters. The molecule has 2 aromatic rings. The van der Waals surface area contributed by atoms with E-state index in [0.717, 1.165) is 12.0 Å². The van der Waals surface area contributed by atoms with E-state index in [9.17, 15) is 13.2 Å². The zero-order valence-electron chi connectivity index (χ0n) is 17.1. The molecule has 1 amide bonds. The summed E-state index contributed by atoms with van der Waals surface area (Å²) in [6.45, 7) is 2.63. The van der Waals surface area contributed by atoms with E-state index in [-0.39, 0.29) is 5.91 Å². The topological polar surface area (TPSA) is 88.1 Å². The lowest BCUT2D eigenvalue weighted by molar-refractivity contribution is -0.115. The Balaban J connectivity index is 1.52. The number of sulfonamides is 1. The average Bonchev–Trinajstić information content (AvgIpc) is 3.09. The number of nitrogens with one attached hydrogen (secondary N) is 1. The van der Waals surface area contributed by atoms with Gasteiger partial charge >= 0.3 is 0 Å². The van der Waals surface area contributed by atoms with Crippen molar-refractivity contribution in [2.75, 3.05) is 20.2 Å². The van der Waals surface area contributed by atoms with Crippen LogP contribution in [0.3, 0.4) is 0 Å². The number of rotatable bonds is 5. The van der Waals surface area contributed by atoms with Crippen molar-refractivity contribution in [3.05, 3.63) is 59.7 Å². The summed E-state index contributed by atoms with van der Waals surface area (Å²) in [5.41, 5.74) is 1.39. The first kappa shape index (κ1) is 20.6. The number of aryl methyl sites for hydroxylation is 1. The van der Waals surface area contributed by atoms with Crippen molar-refractivity contribution in [2.45, 2.75) is 36.7 Å². The molecule has 0 saturated carbocycles. The van der Waals surface area contributed by atoms with Gasteiger partial charge in [0.05, 0.1) is 12.0 Å².